The van der Waals surface area contributed by atoms with Crippen LogP contribution in [0.15, 0.2) is 84.9 Å². The van der Waals surface area contributed by atoms with Gasteiger partial charge in [0.25, 0.3) is 0 Å². The van der Waals surface area contributed by atoms with Crippen molar-refractivity contribution in [2.24, 2.45) is 0 Å². The smallest absolute Gasteiger partial charge is 0.244 e. The van der Waals surface area contributed by atoms with Gasteiger partial charge in [-0.15, -0.1) is 0 Å². The number of para-hydroxylation sites is 1. The maximum atomic E-state index is 14.2. The number of rotatable bonds is 11. The molecular formula is C32H39N3O4S. The zero-order valence-corrected chi connectivity index (χ0v) is 24.1. The van der Waals surface area contributed by atoms with Crippen molar-refractivity contribution in [1.29, 1.82) is 0 Å². The lowest BCUT2D eigenvalue weighted by Crippen LogP contribution is -2.55. The highest BCUT2D eigenvalue weighted by Gasteiger charge is 2.34. The van der Waals surface area contributed by atoms with Crippen molar-refractivity contribution in [3.63, 3.8) is 0 Å². The maximum absolute atomic E-state index is 14.2. The molecular weight excluding hydrogens is 522 g/mol. The van der Waals surface area contributed by atoms with E-state index in [0.717, 1.165) is 52.9 Å². The Morgan fingerprint density at radius 3 is 2.02 bits per heavy atom. The predicted molar refractivity (Wildman–Crippen MR) is 159 cm³/mol. The van der Waals surface area contributed by atoms with Crippen molar-refractivity contribution in [2.45, 2.75) is 64.1 Å². The molecule has 0 aromatic heterocycles. The van der Waals surface area contributed by atoms with Crippen LogP contribution >= 0.6 is 0 Å². The van der Waals surface area contributed by atoms with Crippen LogP contribution in [0.1, 0.15) is 48.8 Å². The first-order valence-corrected chi connectivity index (χ1v) is 15.8. The molecule has 1 N–H and O–H groups in total. The molecule has 0 saturated heterocycles. The Labute approximate surface area is 238 Å². The van der Waals surface area contributed by atoms with Crippen LogP contribution in [0, 0.1) is 6.92 Å². The largest absolute Gasteiger partial charge is 0.352 e. The monoisotopic (exact) mass is 561 g/mol. The third-order valence-electron chi connectivity index (χ3n) is 7.48. The lowest BCUT2D eigenvalue weighted by atomic mass is 9.94. The van der Waals surface area contributed by atoms with Crippen molar-refractivity contribution < 1.29 is 18.0 Å². The number of hydrogen-bond acceptors (Lipinski definition) is 4. The standard InChI is InChI=1S/C32H39N3O4S/c1-25-14-12-13-21-29(25)35(40(2,38)39)24-31(36)34(23-27-17-8-4-9-18-27)30(22-26-15-6-3-7-16-26)32(37)33-28-19-10-5-11-20-28/h3-4,6-9,12-18,21,28,30H,5,10-11,19-20,22-24H2,1-2H3,(H,33,37)/t30-/m0/s1. The Bertz CT molecular complexity index is 1370. The minimum Gasteiger partial charge on any atom is -0.352 e. The van der Waals surface area contributed by atoms with Crippen LogP contribution in [0.2, 0.25) is 0 Å². The number of anilines is 1. The van der Waals surface area contributed by atoms with Gasteiger partial charge in [-0.05, 0) is 42.5 Å². The Morgan fingerprint density at radius 1 is 0.850 bits per heavy atom. The molecule has 3 aromatic carbocycles. The van der Waals surface area contributed by atoms with E-state index in [0.29, 0.717) is 12.1 Å². The molecule has 3 aromatic rings. The van der Waals surface area contributed by atoms with Crippen LogP contribution in [-0.4, -0.2) is 50.0 Å². The Kier molecular flexibility index (Phi) is 9.98. The van der Waals surface area contributed by atoms with Crippen LogP contribution in [0.5, 0.6) is 0 Å². The Balaban J connectivity index is 1.71. The first kappa shape index (κ1) is 29.3. The number of carbonyl (C=O) groups excluding carboxylic acids is 2. The molecule has 1 fully saturated rings. The minimum atomic E-state index is -3.78. The van der Waals surface area contributed by atoms with E-state index in [1.165, 1.54) is 6.42 Å². The Morgan fingerprint density at radius 2 is 1.43 bits per heavy atom. The van der Waals surface area contributed by atoms with E-state index in [-0.39, 0.29) is 18.5 Å². The zero-order chi connectivity index (χ0) is 28.5. The highest BCUT2D eigenvalue weighted by Crippen LogP contribution is 2.24. The summed E-state index contributed by atoms with van der Waals surface area (Å²) in [6, 6.07) is 25.5. The van der Waals surface area contributed by atoms with E-state index in [4.69, 9.17) is 0 Å². The first-order valence-electron chi connectivity index (χ1n) is 13.9. The fourth-order valence-electron chi connectivity index (χ4n) is 5.32. The van der Waals surface area contributed by atoms with Gasteiger partial charge in [0, 0.05) is 19.0 Å². The van der Waals surface area contributed by atoms with E-state index in [1.54, 1.807) is 17.0 Å². The summed E-state index contributed by atoms with van der Waals surface area (Å²) in [5.74, 6) is -0.640. The summed E-state index contributed by atoms with van der Waals surface area (Å²) in [5.41, 5.74) is 2.98. The fraction of sp³-hybridized carbons (Fsp3) is 0.375. The zero-order valence-electron chi connectivity index (χ0n) is 23.3. The van der Waals surface area contributed by atoms with Gasteiger partial charge in [0.1, 0.15) is 12.6 Å². The number of benzene rings is 3. The number of hydrogen-bond donors (Lipinski definition) is 1. The van der Waals surface area contributed by atoms with Gasteiger partial charge in [-0.3, -0.25) is 13.9 Å². The number of carbonyl (C=O) groups is 2. The molecule has 7 nitrogen and oxygen atoms in total. The van der Waals surface area contributed by atoms with E-state index in [2.05, 4.69) is 5.32 Å². The molecule has 1 aliphatic rings. The number of amides is 2. The van der Waals surface area contributed by atoms with E-state index >= 15 is 0 Å². The van der Waals surface area contributed by atoms with Crippen LogP contribution in [0.4, 0.5) is 5.69 Å². The Hall–Kier alpha value is -3.65. The molecule has 8 heteroatoms. The second-order valence-electron chi connectivity index (χ2n) is 10.6. The summed E-state index contributed by atoms with van der Waals surface area (Å²) in [7, 11) is -3.78. The molecule has 0 heterocycles. The number of sulfonamides is 1. The molecule has 0 radical (unpaired) electrons. The van der Waals surface area contributed by atoms with Crippen molar-refractivity contribution in [3.8, 4) is 0 Å². The van der Waals surface area contributed by atoms with Gasteiger partial charge >= 0.3 is 0 Å². The molecule has 40 heavy (non-hydrogen) atoms. The molecule has 0 bridgehead atoms. The first-order chi connectivity index (χ1) is 19.2. The van der Waals surface area contributed by atoms with Gasteiger partial charge in [0.15, 0.2) is 0 Å². The van der Waals surface area contributed by atoms with Crippen molar-refractivity contribution >= 4 is 27.5 Å². The average molecular weight is 562 g/mol. The molecule has 0 spiro atoms. The van der Waals surface area contributed by atoms with Crippen LogP contribution in [0.3, 0.4) is 0 Å². The highest BCUT2D eigenvalue weighted by atomic mass is 32.2. The van der Waals surface area contributed by atoms with Gasteiger partial charge in [-0.25, -0.2) is 8.42 Å². The van der Waals surface area contributed by atoms with Crippen molar-refractivity contribution in [1.82, 2.24) is 10.2 Å². The quantitative estimate of drug-likeness (QED) is 0.363. The third-order valence-corrected chi connectivity index (χ3v) is 8.61. The summed E-state index contributed by atoms with van der Waals surface area (Å²) in [6.45, 7) is 1.59. The number of nitrogens with zero attached hydrogens (tertiary/aromatic N) is 2. The second kappa shape index (κ2) is 13.6. The fourth-order valence-corrected chi connectivity index (χ4v) is 6.22. The van der Waals surface area contributed by atoms with Crippen molar-refractivity contribution in [3.05, 3.63) is 102 Å². The lowest BCUT2D eigenvalue weighted by molar-refractivity contribution is -0.140. The highest BCUT2D eigenvalue weighted by molar-refractivity contribution is 7.92. The van der Waals surface area contributed by atoms with Gasteiger partial charge in [0.05, 0.1) is 11.9 Å². The molecule has 1 atom stereocenters. The summed E-state index contributed by atoms with van der Waals surface area (Å²) in [6.07, 6.45) is 6.57. The van der Waals surface area contributed by atoms with Crippen LogP contribution < -0.4 is 9.62 Å². The lowest BCUT2D eigenvalue weighted by Gasteiger charge is -2.35. The molecule has 212 valence electrons. The molecule has 0 unspecified atom stereocenters. The van der Waals surface area contributed by atoms with Gasteiger partial charge in [-0.2, -0.15) is 0 Å². The van der Waals surface area contributed by atoms with E-state index in [1.807, 2.05) is 79.7 Å². The molecule has 0 aliphatic heterocycles. The number of nitrogens with one attached hydrogen (secondary N) is 1. The second-order valence-corrected chi connectivity index (χ2v) is 12.5. The van der Waals surface area contributed by atoms with Crippen LogP contribution in [0.25, 0.3) is 0 Å². The van der Waals surface area contributed by atoms with Crippen molar-refractivity contribution in [2.75, 3.05) is 17.1 Å². The summed E-state index contributed by atoms with van der Waals surface area (Å²) in [5, 5.41) is 3.22. The summed E-state index contributed by atoms with van der Waals surface area (Å²) in [4.78, 5) is 29.6. The van der Waals surface area contributed by atoms with Gasteiger partial charge in [0.2, 0.25) is 21.8 Å². The average Bonchev–Trinajstić information content (AvgIpc) is 2.95. The predicted octanol–water partition coefficient (Wildman–Crippen LogP) is 4.85. The number of aryl methyl sites for hydroxylation is 1. The SMILES string of the molecule is Cc1ccccc1N(CC(=O)N(Cc1ccccc1)[C@@H](Cc1ccccc1)C(=O)NC1CCCCC1)S(C)(=O)=O. The van der Waals surface area contributed by atoms with Crippen LogP contribution in [-0.2, 0) is 32.6 Å². The molecule has 4 rings (SSSR count). The van der Waals surface area contributed by atoms with E-state index < -0.39 is 28.5 Å². The topological polar surface area (TPSA) is 86.8 Å². The van der Waals surface area contributed by atoms with Gasteiger partial charge in [-0.1, -0.05) is 98.1 Å². The third kappa shape index (κ3) is 7.94. The molecule has 1 aliphatic carbocycles. The normalized spacial score (nSPS) is 14.8. The summed E-state index contributed by atoms with van der Waals surface area (Å²) < 4.78 is 27.0. The minimum absolute atomic E-state index is 0.0766. The maximum Gasteiger partial charge on any atom is 0.244 e. The summed E-state index contributed by atoms with van der Waals surface area (Å²) >= 11 is 0. The molecule has 1 saturated carbocycles. The molecule has 2 amide bonds. The van der Waals surface area contributed by atoms with Gasteiger partial charge < -0.3 is 10.2 Å². The van der Waals surface area contributed by atoms with E-state index in [9.17, 15) is 18.0 Å².